The van der Waals surface area contributed by atoms with Crippen molar-refractivity contribution >= 4 is 23.4 Å². The van der Waals surface area contributed by atoms with Gasteiger partial charge >= 0.3 is 24.3 Å². The number of halogens is 7. The molecule has 4 aromatic rings. The highest BCUT2D eigenvalue weighted by molar-refractivity contribution is 5.95. The van der Waals surface area contributed by atoms with E-state index < -0.39 is 24.3 Å². The van der Waals surface area contributed by atoms with Gasteiger partial charge in [0.1, 0.15) is 23.2 Å². The molecule has 0 radical (unpaired) electrons. The smallest absolute Gasteiger partial charge is 0.475 e. The number of carboxylic acids is 2. The Labute approximate surface area is 219 Å². The minimum Gasteiger partial charge on any atom is -0.475 e. The van der Waals surface area contributed by atoms with E-state index >= 15 is 0 Å². The number of anilines is 2. The number of aryl methyl sites for hydroxylation is 1. The molecular formula is C24H16F7N5O4. The molecule has 9 nitrogen and oxygen atoms in total. The van der Waals surface area contributed by atoms with Crippen LogP contribution in [0.2, 0.25) is 0 Å². The first-order valence-corrected chi connectivity index (χ1v) is 10.7. The van der Waals surface area contributed by atoms with Gasteiger partial charge in [-0.1, -0.05) is 0 Å². The summed E-state index contributed by atoms with van der Waals surface area (Å²) in [6.07, 6.45) is -4.91. The normalized spacial score (nSPS) is 11.6. The number of aliphatic carboxylic acids is 2. The lowest BCUT2D eigenvalue weighted by molar-refractivity contribution is -0.193. The van der Waals surface area contributed by atoms with Crippen LogP contribution in [0.5, 0.6) is 0 Å². The molecular weight excluding hydrogens is 555 g/mol. The Morgan fingerprint density at radius 3 is 2.08 bits per heavy atom. The summed E-state index contributed by atoms with van der Waals surface area (Å²) in [6, 6.07) is 10.5. The first-order chi connectivity index (χ1) is 18.6. The number of pyridine rings is 2. The van der Waals surface area contributed by atoms with E-state index in [9.17, 15) is 30.7 Å². The SMILES string of the molecule is Cc1cc(F)ccc1-c1nc2c([nH]1)-c1ccncc1Nc1ncccc1-2.O=C(O)C(F)(F)F.O=C(O)C(F)(F)F. The average Bonchev–Trinajstić information content (AvgIpc) is 3.24. The molecule has 0 unspecified atom stereocenters. The van der Waals surface area contributed by atoms with Crippen LogP contribution in [0.15, 0.2) is 55.0 Å². The van der Waals surface area contributed by atoms with Crippen molar-refractivity contribution in [3.8, 4) is 33.9 Å². The first-order valence-electron chi connectivity index (χ1n) is 10.7. The maximum absolute atomic E-state index is 13.5. The molecule has 0 amide bonds. The lowest BCUT2D eigenvalue weighted by Gasteiger charge is -2.08. The van der Waals surface area contributed by atoms with Gasteiger partial charge in [-0.05, 0) is 48.9 Å². The van der Waals surface area contributed by atoms with Crippen LogP contribution in [0.3, 0.4) is 0 Å². The van der Waals surface area contributed by atoms with E-state index in [1.165, 1.54) is 12.1 Å². The molecule has 40 heavy (non-hydrogen) atoms. The molecule has 1 aliphatic heterocycles. The van der Waals surface area contributed by atoms with Gasteiger partial charge in [-0.25, -0.2) is 23.9 Å². The summed E-state index contributed by atoms with van der Waals surface area (Å²) < 4.78 is 77.0. The Morgan fingerprint density at radius 1 is 0.875 bits per heavy atom. The van der Waals surface area contributed by atoms with Crippen molar-refractivity contribution < 1.29 is 50.5 Å². The standard InChI is InChI=1S/C20H14FN5.2C2HF3O2/c1-11-9-12(21)4-5-13(11)20-25-17-14-6-8-22-10-16(14)24-19-15(18(17)26-20)3-2-7-23-19;2*3-2(4,5)1(6)7/h2-10H,1H3,(H,23,24)(H,25,26);2*(H,6,7). The second-order valence-corrected chi connectivity index (χ2v) is 7.82. The zero-order valence-corrected chi connectivity index (χ0v) is 19.9. The number of carbonyl (C=O) groups is 2. The largest absolute Gasteiger partial charge is 0.490 e. The number of fused-ring (bicyclic) bond motifs is 5. The lowest BCUT2D eigenvalue weighted by Crippen LogP contribution is -2.21. The number of hydrogen-bond acceptors (Lipinski definition) is 6. The van der Waals surface area contributed by atoms with Crippen molar-refractivity contribution in [2.45, 2.75) is 19.3 Å². The van der Waals surface area contributed by atoms with Gasteiger partial charge < -0.3 is 20.5 Å². The van der Waals surface area contributed by atoms with Crippen LogP contribution in [0.4, 0.5) is 42.2 Å². The fourth-order valence-electron chi connectivity index (χ4n) is 3.32. The topological polar surface area (TPSA) is 141 Å². The van der Waals surface area contributed by atoms with Crippen LogP contribution < -0.4 is 5.32 Å². The highest BCUT2D eigenvalue weighted by Crippen LogP contribution is 2.42. The molecule has 0 atom stereocenters. The average molecular weight is 571 g/mol. The van der Waals surface area contributed by atoms with E-state index in [-0.39, 0.29) is 5.82 Å². The Morgan fingerprint density at radius 2 is 1.50 bits per heavy atom. The molecule has 1 aromatic carbocycles. The number of aromatic nitrogens is 4. The minimum atomic E-state index is -5.08. The van der Waals surface area contributed by atoms with Gasteiger partial charge in [0.05, 0.1) is 17.6 Å². The number of nitrogens with one attached hydrogen (secondary N) is 2. The number of benzene rings is 1. The molecule has 4 heterocycles. The zero-order chi connectivity index (χ0) is 29.8. The van der Waals surface area contributed by atoms with Gasteiger partial charge in [0.15, 0.2) is 0 Å². The van der Waals surface area contributed by atoms with Gasteiger partial charge in [0.25, 0.3) is 0 Å². The van der Waals surface area contributed by atoms with Gasteiger partial charge in [0, 0.05) is 29.1 Å². The van der Waals surface area contributed by atoms with Gasteiger partial charge in [-0.2, -0.15) is 26.3 Å². The lowest BCUT2D eigenvalue weighted by atomic mass is 10.1. The van der Waals surface area contributed by atoms with E-state index in [1.54, 1.807) is 24.7 Å². The van der Waals surface area contributed by atoms with Crippen LogP contribution in [-0.4, -0.2) is 54.4 Å². The summed E-state index contributed by atoms with van der Waals surface area (Å²) in [5.41, 5.74) is 6.12. The van der Waals surface area contributed by atoms with Crippen molar-refractivity contribution in [2.24, 2.45) is 0 Å². The van der Waals surface area contributed by atoms with E-state index in [0.29, 0.717) is 5.82 Å². The molecule has 210 valence electrons. The third kappa shape index (κ3) is 6.89. The number of H-pyrrole nitrogens is 1. The number of carboxylic acid groups (broad SMARTS) is 2. The molecule has 0 spiro atoms. The Hall–Kier alpha value is -5.02. The number of rotatable bonds is 1. The number of imidazole rings is 1. The highest BCUT2D eigenvalue weighted by Gasteiger charge is 2.38. The maximum atomic E-state index is 13.5. The quantitative estimate of drug-likeness (QED) is 0.180. The summed E-state index contributed by atoms with van der Waals surface area (Å²) in [7, 11) is 0. The molecule has 0 fully saturated rings. The predicted molar refractivity (Wildman–Crippen MR) is 126 cm³/mol. The fraction of sp³-hybridized carbons (Fsp3) is 0.125. The van der Waals surface area contributed by atoms with Crippen LogP contribution in [0, 0.1) is 12.7 Å². The number of alkyl halides is 6. The molecule has 3 aromatic heterocycles. The molecule has 5 rings (SSSR count). The van der Waals surface area contributed by atoms with Crippen molar-refractivity contribution in [3.63, 3.8) is 0 Å². The van der Waals surface area contributed by atoms with Crippen LogP contribution in [-0.2, 0) is 9.59 Å². The van der Waals surface area contributed by atoms with E-state index in [0.717, 1.165) is 45.1 Å². The summed E-state index contributed by atoms with van der Waals surface area (Å²) in [4.78, 5) is 34.7. The summed E-state index contributed by atoms with van der Waals surface area (Å²) >= 11 is 0. The van der Waals surface area contributed by atoms with Crippen molar-refractivity contribution in [1.82, 2.24) is 19.9 Å². The summed E-state index contributed by atoms with van der Waals surface area (Å²) in [5.74, 6) is -4.34. The zero-order valence-electron chi connectivity index (χ0n) is 19.9. The highest BCUT2D eigenvalue weighted by atomic mass is 19.4. The Bertz CT molecular complexity index is 1460. The third-order valence-corrected chi connectivity index (χ3v) is 5.04. The maximum Gasteiger partial charge on any atom is 0.490 e. The summed E-state index contributed by atoms with van der Waals surface area (Å²) in [5, 5.41) is 17.6. The fourth-order valence-corrected chi connectivity index (χ4v) is 3.32. The second kappa shape index (κ2) is 11.4. The van der Waals surface area contributed by atoms with Gasteiger partial charge in [-0.15, -0.1) is 0 Å². The molecule has 16 heteroatoms. The molecule has 4 N–H and O–H groups in total. The number of nitrogens with zero attached hydrogens (tertiary/aromatic N) is 3. The van der Waals surface area contributed by atoms with Gasteiger partial charge in [-0.3, -0.25) is 4.98 Å². The molecule has 0 aliphatic carbocycles. The van der Waals surface area contributed by atoms with E-state index in [1.807, 2.05) is 25.1 Å². The first kappa shape index (κ1) is 29.5. The number of aromatic amines is 1. The van der Waals surface area contributed by atoms with Crippen molar-refractivity contribution in [2.75, 3.05) is 5.32 Å². The molecule has 0 saturated heterocycles. The minimum absolute atomic E-state index is 0.255. The monoisotopic (exact) mass is 571 g/mol. The second-order valence-electron chi connectivity index (χ2n) is 7.82. The van der Waals surface area contributed by atoms with E-state index in [4.69, 9.17) is 24.8 Å². The van der Waals surface area contributed by atoms with Crippen LogP contribution in [0.25, 0.3) is 33.9 Å². The Balaban J connectivity index is 0.000000263. The van der Waals surface area contributed by atoms with E-state index in [2.05, 4.69) is 20.3 Å². The Kier molecular flexibility index (Phi) is 8.41. The van der Waals surface area contributed by atoms with Crippen LogP contribution in [0.1, 0.15) is 5.56 Å². The van der Waals surface area contributed by atoms with Crippen molar-refractivity contribution in [1.29, 1.82) is 0 Å². The molecule has 1 aliphatic rings. The van der Waals surface area contributed by atoms with Crippen molar-refractivity contribution in [3.05, 3.63) is 66.4 Å². The predicted octanol–water partition coefficient (Wildman–Crippen LogP) is 5.97. The van der Waals surface area contributed by atoms with Gasteiger partial charge in [0.2, 0.25) is 0 Å². The summed E-state index contributed by atoms with van der Waals surface area (Å²) in [6.45, 7) is 1.88. The number of hydrogen-bond donors (Lipinski definition) is 4. The third-order valence-electron chi connectivity index (χ3n) is 5.04. The molecule has 0 bridgehead atoms. The molecule has 0 saturated carbocycles. The van der Waals surface area contributed by atoms with Crippen LogP contribution >= 0.6 is 0 Å².